The fraction of sp³-hybridized carbons (Fsp3) is 0.600. The first-order chi connectivity index (χ1) is 13.8. The third kappa shape index (κ3) is 7.49. The van der Waals surface area contributed by atoms with Crippen LogP contribution < -0.4 is 22.5 Å². The second-order valence-electron chi connectivity index (χ2n) is 7.75. The normalized spacial score (nSPS) is 16.5. The van der Waals surface area contributed by atoms with Crippen molar-refractivity contribution >= 4 is 11.6 Å². The van der Waals surface area contributed by atoms with Gasteiger partial charge in [-0.25, -0.2) is 10.2 Å². The van der Waals surface area contributed by atoms with E-state index in [0.29, 0.717) is 18.0 Å². The molecule has 1 aromatic heterocycles. The van der Waals surface area contributed by atoms with Crippen molar-refractivity contribution in [2.45, 2.75) is 64.6 Å². The number of nitrogens with one attached hydrogen (secondary N) is 1. The van der Waals surface area contributed by atoms with E-state index in [9.17, 15) is 18.4 Å². The van der Waals surface area contributed by atoms with Crippen LogP contribution in [0.4, 0.5) is 14.5 Å². The minimum Gasteiger partial charge on any atom is -0.401 e. The molecule has 1 fully saturated rings. The van der Waals surface area contributed by atoms with E-state index in [1.807, 2.05) is 0 Å². The van der Waals surface area contributed by atoms with Crippen LogP contribution in [-0.2, 0) is 11.3 Å². The molecule has 0 spiro atoms. The highest BCUT2D eigenvalue weighted by atomic mass is 19.1. The maximum absolute atomic E-state index is 14.4. The molecule has 0 aromatic carbocycles. The summed E-state index contributed by atoms with van der Waals surface area (Å²) in [4.78, 5) is 24.4. The van der Waals surface area contributed by atoms with Crippen molar-refractivity contribution < 1.29 is 13.6 Å². The Morgan fingerprint density at radius 1 is 1.41 bits per heavy atom. The second kappa shape index (κ2) is 10.9. The maximum atomic E-state index is 14.4. The molecule has 1 aromatic rings. The van der Waals surface area contributed by atoms with Crippen molar-refractivity contribution in [3.63, 3.8) is 0 Å². The maximum Gasteiger partial charge on any atom is 0.288 e. The minimum atomic E-state index is -1.32. The molecule has 0 aliphatic heterocycles. The zero-order valence-corrected chi connectivity index (χ0v) is 16.9. The molecule has 2 rings (SSSR count). The number of hydrogen-bond donors (Lipinski definition) is 3. The number of hydrogen-bond acceptors (Lipinski definition) is 5. The van der Waals surface area contributed by atoms with Gasteiger partial charge in [-0.05, 0) is 38.2 Å². The first kappa shape index (κ1) is 22.9. The Morgan fingerprint density at radius 2 is 2.10 bits per heavy atom. The smallest absolute Gasteiger partial charge is 0.288 e. The molecule has 29 heavy (non-hydrogen) atoms. The lowest BCUT2D eigenvalue weighted by molar-refractivity contribution is -0.117. The Hall–Kier alpha value is -2.42. The SMILES string of the molecule is C/C(N)=C/N(N)CC(F)CCn1ccc(NC(=O)CC2CCCCC2)c(F)c1=O. The average Bonchev–Trinajstić information content (AvgIpc) is 2.65. The van der Waals surface area contributed by atoms with Gasteiger partial charge < -0.3 is 20.6 Å². The molecule has 0 saturated heterocycles. The summed E-state index contributed by atoms with van der Waals surface area (Å²) in [7, 11) is 0. The summed E-state index contributed by atoms with van der Waals surface area (Å²) in [5.74, 6) is 4.58. The Bertz CT molecular complexity index is 771. The number of aryl methyl sites for hydroxylation is 1. The van der Waals surface area contributed by atoms with Gasteiger partial charge in [0, 0.05) is 31.1 Å². The highest BCUT2D eigenvalue weighted by Gasteiger charge is 2.19. The lowest BCUT2D eigenvalue weighted by Crippen LogP contribution is -2.34. The standard InChI is InChI=1S/C20H31F2N5O2/c1-14(23)12-27(24)13-16(21)7-9-26-10-8-17(19(22)20(26)29)25-18(28)11-15-5-3-2-4-6-15/h8,10,12,15-16H,2-7,9,11,13,23-24H2,1H3,(H,25,28)/b14-12-. The summed E-state index contributed by atoms with van der Waals surface area (Å²) in [6.45, 7) is 1.53. The van der Waals surface area contributed by atoms with Crippen molar-refractivity contribution in [2.24, 2.45) is 17.5 Å². The predicted molar refractivity (Wildman–Crippen MR) is 109 cm³/mol. The van der Waals surface area contributed by atoms with E-state index >= 15 is 0 Å². The number of carbonyl (C=O) groups is 1. The molecule has 1 atom stereocenters. The van der Waals surface area contributed by atoms with Gasteiger partial charge in [-0.3, -0.25) is 9.59 Å². The number of nitrogens with two attached hydrogens (primary N) is 2. The number of allylic oxidation sites excluding steroid dienone is 1. The number of anilines is 1. The first-order valence-corrected chi connectivity index (χ1v) is 10.0. The van der Waals surface area contributed by atoms with E-state index < -0.39 is 17.5 Å². The lowest BCUT2D eigenvalue weighted by atomic mass is 9.87. The zero-order chi connectivity index (χ0) is 21.4. The van der Waals surface area contributed by atoms with Gasteiger partial charge in [0.1, 0.15) is 6.17 Å². The van der Waals surface area contributed by atoms with Gasteiger partial charge in [0.15, 0.2) is 0 Å². The Morgan fingerprint density at radius 3 is 2.76 bits per heavy atom. The number of pyridine rings is 1. The van der Waals surface area contributed by atoms with Crippen LogP contribution in [0.1, 0.15) is 51.9 Å². The molecule has 162 valence electrons. The topological polar surface area (TPSA) is 106 Å². The van der Waals surface area contributed by atoms with Crippen molar-refractivity contribution in [3.05, 3.63) is 40.3 Å². The second-order valence-corrected chi connectivity index (χ2v) is 7.75. The Labute approximate surface area is 169 Å². The van der Waals surface area contributed by atoms with Gasteiger partial charge in [-0.15, -0.1) is 0 Å². The van der Waals surface area contributed by atoms with Crippen LogP contribution in [0.5, 0.6) is 0 Å². The number of aromatic nitrogens is 1. The molecule has 1 aliphatic carbocycles. The van der Waals surface area contributed by atoms with Crippen LogP contribution in [0.15, 0.2) is 29.0 Å². The summed E-state index contributed by atoms with van der Waals surface area (Å²) >= 11 is 0. The van der Waals surface area contributed by atoms with Crippen LogP contribution in [0.3, 0.4) is 0 Å². The average molecular weight is 411 g/mol. The van der Waals surface area contributed by atoms with Gasteiger partial charge >= 0.3 is 0 Å². The highest BCUT2D eigenvalue weighted by Crippen LogP contribution is 2.26. The molecule has 0 radical (unpaired) electrons. The van der Waals surface area contributed by atoms with Gasteiger partial charge in [0.2, 0.25) is 11.7 Å². The molecule has 1 saturated carbocycles. The molecular formula is C20H31F2N5O2. The van der Waals surface area contributed by atoms with Crippen molar-refractivity contribution in [3.8, 4) is 0 Å². The number of amides is 1. The fourth-order valence-corrected chi connectivity index (χ4v) is 3.59. The fourth-order valence-electron chi connectivity index (χ4n) is 3.59. The number of rotatable bonds is 9. The Balaban J connectivity index is 1.90. The first-order valence-electron chi connectivity index (χ1n) is 10.0. The largest absolute Gasteiger partial charge is 0.401 e. The minimum absolute atomic E-state index is 0.00756. The van der Waals surface area contributed by atoms with Gasteiger partial charge in [0.05, 0.1) is 12.2 Å². The third-order valence-corrected chi connectivity index (χ3v) is 5.04. The van der Waals surface area contributed by atoms with E-state index in [4.69, 9.17) is 11.6 Å². The quantitative estimate of drug-likeness (QED) is 0.428. The summed E-state index contributed by atoms with van der Waals surface area (Å²) in [6, 6.07) is 1.33. The molecule has 9 heteroatoms. The van der Waals surface area contributed by atoms with Gasteiger partial charge in [0.25, 0.3) is 5.56 Å². The van der Waals surface area contributed by atoms with Gasteiger partial charge in [-0.2, -0.15) is 4.39 Å². The van der Waals surface area contributed by atoms with Crippen molar-refractivity contribution in [1.82, 2.24) is 9.58 Å². The van der Waals surface area contributed by atoms with E-state index in [1.54, 1.807) is 6.92 Å². The molecular weight excluding hydrogens is 380 g/mol. The molecule has 1 aliphatic rings. The highest BCUT2D eigenvalue weighted by molar-refractivity contribution is 5.90. The van der Waals surface area contributed by atoms with E-state index in [-0.39, 0.29) is 31.1 Å². The third-order valence-electron chi connectivity index (χ3n) is 5.04. The zero-order valence-electron chi connectivity index (χ0n) is 16.9. The molecule has 5 N–H and O–H groups in total. The van der Waals surface area contributed by atoms with E-state index in [2.05, 4.69) is 5.32 Å². The van der Waals surface area contributed by atoms with Crippen LogP contribution in [0.2, 0.25) is 0 Å². The van der Waals surface area contributed by atoms with Crippen LogP contribution in [0, 0.1) is 11.7 Å². The number of nitrogens with zero attached hydrogens (tertiary/aromatic N) is 2. The number of alkyl halides is 1. The molecule has 1 unspecified atom stereocenters. The number of halogens is 2. The summed E-state index contributed by atoms with van der Waals surface area (Å²) in [5.41, 5.74) is 4.88. The summed E-state index contributed by atoms with van der Waals surface area (Å²) in [6.07, 6.45) is 7.19. The van der Waals surface area contributed by atoms with E-state index in [1.165, 1.54) is 24.9 Å². The number of hydrazine groups is 1. The van der Waals surface area contributed by atoms with E-state index in [0.717, 1.165) is 35.3 Å². The number of carbonyl (C=O) groups excluding carboxylic acids is 1. The van der Waals surface area contributed by atoms with Crippen molar-refractivity contribution in [2.75, 3.05) is 11.9 Å². The van der Waals surface area contributed by atoms with Crippen LogP contribution >= 0.6 is 0 Å². The van der Waals surface area contributed by atoms with Crippen LogP contribution in [0.25, 0.3) is 0 Å². The lowest BCUT2D eigenvalue weighted by Gasteiger charge is -2.21. The van der Waals surface area contributed by atoms with Gasteiger partial charge in [-0.1, -0.05) is 19.3 Å². The predicted octanol–water partition coefficient (Wildman–Crippen LogP) is 2.62. The summed E-state index contributed by atoms with van der Waals surface area (Å²) in [5, 5.41) is 3.63. The Kier molecular flexibility index (Phi) is 8.63. The molecule has 1 amide bonds. The molecule has 0 bridgehead atoms. The summed E-state index contributed by atoms with van der Waals surface area (Å²) < 4.78 is 29.5. The monoisotopic (exact) mass is 411 g/mol. The van der Waals surface area contributed by atoms with Crippen LogP contribution in [-0.4, -0.2) is 28.2 Å². The van der Waals surface area contributed by atoms with Crippen molar-refractivity contribution in [1.29, 1.82) is 0 Å². The molecule has 1 heterocycles. The molecule has 7 nitrogen and oxygen atoms in total.